The highest BCUT2D eigenvalue weighted by atomic mass is 16.3. The highest BCUT2D eigenvalue weighted by Gasteiger charge is 2.20. The summed E-state index contributed by atoms with van der Waals surface area (Å²) in [6.07, 6.45) is 0. The predicted molar refractivity (Wildman–Crippen MR) is 178 cm³/mol. The lowest BCUT2D eigenvalue weighted by Crippen LogP contribution is -1.96. The molecule has 0 N–H and O–H groups in total. The summed E-state index contributed by atoms with van der Waals surface area (Å²) >= 11 is 0. The number of nitrogens with zero attached hydrogens (tertiary/aromatic N) is 2. The molecule has 0 aliphatic carbocycles. The van der Waals surface area contributed by atoms with E-state index in [9.17, 15) is 0 Å². The third kappa shape index (κ3) is 3.85. The zero-order valence-electron chi connectivity index (χ0n) is 23.6. The second kappa shape index (κ2) is 9.79. The Kier molecular flexibility index (Phi) is 5.47. The van der Waals surface area contributed by atoms with Crippen LogP contribution in [0.5, 0.6) is 0 Å². The first-order valence-electron chi connectivity index (χ1n) is 14.7. The second-order valence-electron chi connectivity index (χ2n) is 10.9. The SMILES string of the molecule is c1ccc(-c2cc(-c3cccc4c3oc3ccccc34)nc(-c3cccc4oc5c(-c6ccccc6)cccc5c34)n2)cc1. The molecule has 0 radical (unpaired) electrons. The lowest BCUT2D eigenvalue weighted by Gasteiger charge is -2.10. The van der Waals surface area contributed by atoms with Gasteiger partial charge in [-0.3, -0.25) is 0 Å². The van der Waals surface area contributed by atoms with Gasteiger partial charge in [-0.15, -0.1) is 0 Å². The van der Waals surface area contributed by atoms with Crippen LogP contribution < -0.4 is 0 Å². The van der Waals surface area contributed by atoms with Crippen LogP contribution in [-0.2, 0) is 0 Å². The molecule has 6 aromatic carbocycles. The number of para-hydroxylation sites is 3. The van der Waals surface area contributed by atoms with Crippen molar-refractivity contribution < 1.29 is 8.83 Å². The molecule has 9 rings (SSSR count). The van der Waals surface area contributed by atoms with Gasteiger partial charge in [-0.25, -0.2) is 9.97 Å². The molecule has 3 heterocycles. The van der Waals surface area contributed by atoms with Gasteiger partial charge in [0.2, 0.25) is 0 Å². The fourth-order valence-corrected chi connectivity index (χ4v) is 6.29. The van der Waals surface area contributed by atoms with E-state index in [1.807, 2.05) is 54.6 Å². The quantitative estimate of drug-likeness (QED) is 0.213. The maximum Gasteiger partial charge on any atom is 0.161 e. The Morgan fingerprint density at radius 3 is 1.80 bits per heavy atom. The maximum absolute atomic E-state index is 6.55. The molecule has 0 atom stereocenters. The summed E-state index contributed by atoms with van der Waals surface area (Å²) in [4.78, 5) is 10.4. The van der Waals surface area contributed by atoms with Gasteiger partial charge in [0.1, 0.15) is 22.3 Å². The van der Waals surface area contributed by atoms with E-state index in [1.165, 1.54) is 0 Å². The Labute approximate surface area is 252 Å². The Bertz CT molecular complexity index is 2490. The van der Waals surface area contributed by atoms with Gasteiger partial charge in [-0.1, -0.05) is 121 Å². The van der Waals surface area contributed by atoms with Gasteiger partial charge in [0.25, 0.3) is 0 Å². The summed E-state index contributed by atoms with van der Waals surface area (Å²) in [5.41, 5.74) is 10.0. The van der Waals surface area contributed by atoms with Crippen molar-refractivity contribution >= 4 is 43.9 Å². The fraction of sp³-hybridized carbons (Fsp3) is 0. The van der Waals surface area contributed by atoms with Gasteiger partial charge in [-0.2, -0.15) is 0 Å². The van der Waals surface area contributed by atoms with Crippen LogP contribution in [0.1, 0.15) is 0 Å². The average molecular weight is 565 g/mol. The molecule has 0 amide bonds. The van der Waals surface area contributed by atoms with Crippen LogP contribution in [0.25, 0.3) is 88.9 Å². The topological polar surface area (TPSA) is 52.1 Å². The molecular formula is C40H24N2O2. The van der Waals surface area contributed by atoms with Crippen LogP contribution in [-0.4, -0.2) is 9.97 Å². The minimum Gasteiger partial charge on any atom is -0.455 e. The monoisotopic (exact) mass is 564 g/mol. The van der Waals surface area contributed by atoms with Crippen LogP contribution in [0.15, 0.2) is 154 Å². The van der Waals surface area contributed by atoms with E-state index in [-0.39, 0.29) is 0 Å². The minimum absolute atomic E-state index is 0.632. The zero-order valence-corrected chi connectivity index (χ0v) is 23.6. The number of hydrogen-bond donors (Lipinski definition) is 0. The highest BCUT2D eigenvalue weighted by molar-refractivity contribution is 6.15. The summed E-state index contributed by atoms with van der Waals surface area (Å²) in [7, 11) is 0. The van der Waals surface area contributed by atoms with E-state index in [2.05, 4.69) is 91.0 Å². The molecule has 0 saturated heterocycles. The first kappa shape index (κ1) is 24.6. The van der Waals surface area contributed by atoms with Crippen LogP contribution >= 0.6 is 0 Å². The lowest BCUT2D eigenvalue weighted by atomic mass is 10.00. The summed E-state index contributed by atoms with van der Waals surface area (Å²) in [6.45, 7) is 0. The first-order valence-corrected chi connectivity index (χ1v) is 14.7. The van der Waals surface area contributed by atoms with Crippen LogP contribution in [0.3, 0.4) is 0 Å². The largest absolute Gasteiger partial charge is 0.455 e. The molecule has 0 spiro atoms. The van der Waals surface area contributed by atoms with Gasteiger partial charge < -0.3 is 8.83 Å². The van der Waals surface area contributed by atoms with Crippen LogP contribution in [0.4, 0.5) is 0 Å². The van der Waals surface area contributed by atoms with Gasteiger partial charge in [0, 0.05) is 43.8 Å². The predicted octanol–water partition coefficient (Wildman–Crippen LogP) is 10.9. The lowest BCUT2D eigenvalue weighted by molar-refractivity contribution is 0.669. The van der Waals surface area contributed by atoms with E-state index in [4.69, 9.17) is 18.8 Å². The molecule has 9 aromatic rings. The standard InChI is InChI=1S/C40H24N2O2/c1-3-12-25(13-4-1)27-17-9-20-31-37-32(21-11-23-36(37)44-38(27)31)40-41-33(26-14-5-2-6-15-26)24-34(42-40)30-19-10-18-29-28-16-7-8-22-35(28)43-39(29)30/h1-24H. The molecule has 206 valence electrons. The highest BCUT2D eigenvalue weighted by Crippen LogP contribution is 2.41. The average Bonchev–Trinajstić information content (AvgIpc) is 3.67. The zero-order chi connectivity index (χ0) is 29.0. The van der Waals surface area contributed by atoms with E-state index in [0.29, 0.717) is 5.82 Å². The number of furan rings is 2. The number of benzene rings is 6. The van der Waals surface area contributed by atoms with Gasteiger partial charge >= 0.3 is 0 Å². The number of hydrogen-bond acceptors (Lipinski definition) is 4. The van der Waals surface area contributed by atoms with E-state index in [1.54, 1.807) is 0 Å². The molecule has 0 aliphatic heterocycles. The van der Waals surface area contributed by atoms with Crippen molar-refractivity contribution in [2.45, 2.75) is 0 Å². The van der Waals surface area contributed by atoms with Gasteiger partial charge in [-0.05, 0) is 29.8 Å². The van der Waals surface area contributed by atoms with Crippen molar-refractivity contribution in [1.82, 2.24) is 9.97 Å². The summed E-state index contributed by atoms with van der Waals surface area (Å²) in [6, 6.07) is 49.5. The second-order valence-corrected chi connectivity index (χ2v) is 10.9. The molecule has 0 aliphatic rings. The number of rotatable bonds is 4. The van der Waals surface area contributed by atoms with Gasteiger partial charge in [0.15, 0.2) is 5.82 Å². The third-order valence-electron chi connectivity index (χ3n) is 8.32. The Hall–Kier alpha value is -6.00. The Morgan fingerprint density at radius 2 is 0.955 bits per heavy atom. The maximum atomic E-state index is 6.55. The first-order chi connectivity index (χ1) is 21.8. The van der Waals surface area contributed by atoms with Crippen molar-refractivity contribution in [3.63, 3.8) is 0 Å². The molecule has 3 aromatic heterocycles. The molecule has 0 bridgehead atoms. The molecule has 44 heavy (non-hydrogen) atoms. The summed E-state index contributed by atoms with van der Waals surface area (Å²) in [5, 5.41) is 4.19. The molecule has 4 nitrogen and oxygen atoms in total. The molecule has 0 saturated carbocycles. The Balaban J connectivity index is 1.32. The normalized spacial score (nSPS) is 11.6. The third-order valence-corrected chi connectivity index (χ3v) is 8.32. The molecule has 4 heteroatoms. The van der Waals surface area contributed by atoms with Crippen molar-refractivity contribution in [3.05, 3.63) is 146 Å². The smallest absolute Gasteiger partial charge is 0.161 e. The fourth-order valence-electron chi connectivity index (χ4n) is 6.29. The van der Waals surface area contributed by atoms with E-state index in [0.717, 1.165) is 83.1 Å². The van der Waals surface area contributed by atoms with Crippen molar-refractivity contribution in [2.24, 2.45) is 0 Å². The van der Waals surface area contributed by atoms with Crippen LogP contribution in [0.2, 0.25) is 0 Å². The summed E-state index contributed by atoms with van der Waals surface area (Å²) in [5.74, 6) is 0.632. The number of fused-ring (bicyclic) bond motifs is 6. The summed E-state index contributed by atoms with van der Waals surface area (Å²) < 4.78 is 13.0. The minimum atomic E-state index is 0.632. The van der Waals surface area contributed by atoms with Crippen molar-refractivity contribution in [2.75, 3.05) is 0 Å². The van der Waals surface area contributed by atoms with Crippen LogP contribution in [0, 0.1) is 0 Å². The van der Waals surface area contributed by atoms with E-state index < -0.39 is 0 Å². The van der Waals surface area contributed by atoms with Gasteiger partial charge in [0.05, 0.1) is 11.4 Å². The van der Waals surface area contributed by atoms with Crippen molar-refractivity contribution in [1.29, 1.82) is 0 Å². The Morgan fingerprint density at radius 1 is 0.386 bits per heavy atom. The molecular weight excluding hydrogens is 540 g/mol. The van der Waals surface area contributed by atoms with Crippen molar-refractivity contribution in [3.8, 4) is 45.0 Å². The van der Waals surface area contributed by atoms with E-state index >= 15 is 0 Å². The number of aromatic nitrogens is 2. The molecule has 0 fully saturated rings. The molecule has 0 unspecified atom stereocenters.